The number of carbonyl (C=O) groups excluding carboxylic acids is 1. The quantitative estimate of drug-likeness (QED) is 0.845. The molecule has 2 aliphatic rings. The molecule has 2 aliphatic heterocycles. The Bertz CT molecular complexity index is 791. The Morgan fingerprint density at radius 1 is 1.29 bits per heavy atom. The Kier molecular flexibility index (Phi) is 3.80. The van der Waals surface area contributed by atoms with Crippen LogP contribution in [0.4, 0.5) is 10.3 Å². The van der Waals surface area contributed by atoms with Gasteiger partial charge in [0.15, 0.2) is 0 Å². The lowest BCUT2D eigenvalue weighted by Crippen LogP contribution is -2.44. The largest absolute Gasteiger partial charge is 0.329 e. The van der Waals surface area contributed by atoms with Gasteiger partial charge >= 0.3 is 0 Å². The lowest BCUT2D eigenvalue weighted by Gasteiger charge is -2.27. The van der Waals surface area contributed by atoms with Crippen LogP contribution >= 0.6 is 0 Å². The van der Waals surface area contributed by atoms with E-state index in [4.69, 9.17) is 4.84 Å². The molecule has 0 aliphatic carbocycles. The van der Waals surface area contributed by atoms with Gasteiger partial charge in [-0.15, -0.1) is 0 Å². The zero-order valence-corrected chi connectivity index (χ0v) is 13.5. The van der Waals surface area contributed by atoms with Gasteiger partial charge in [0.1, 0.15) is 11.9 Å². The molecule has 4 rings (SSSR count). The van der Waals surface area contributed by atoms with Crippen LogP contribution < -0.4 is 4.90 Å². The number of hydrogen-bond donors (Lipinski definition) is 0. The SMILES string of the molecule is Cc1nc(N2CCC[C@H]2C(=O)N2CCCO2)nc2ccc(F)cc12. The number of rotatable bonds is 2. The third-order valence-corrected chi connectivity index (χ3v) is 4.63. The average Bonchev–Trinajstić information content (AvgIpc) is 3.26. The van der Waals surface area contributed by atoms with Crippen molar-refractivity contribution in [2.45, 2.75) is 32.2 Å². The van der Waals surface area contributed by atoms with E-state index < -0.39 is 0 Å². The fourth-order valence-electron chi connectivity index (χ4n) is 3.42. The molecule has 0 N–H and O–H groups in total. The first-order valence-electron chi connectivity index (χ1n) is 8.28. The van der Waals surface area contributed by atoms with Crippen molar-refractivity contribution in [1.82, 2.24) is 15.0 Å². The van der Waals surface area contributed by atoms with Crippen molar-refractivity contribution in [3.8, 4) is 0 Å². The van der Waals surface area contributed by atoms with Crippen LogP contribution in [0.1, 0.15) is 25.0 Å². The second-order valence-corrected chi connectivity index (χ2v) is 6.25. The standard InChI is InChI=1S/C17H19FN4O2/c1-11-13-10-12(18)5-6-14(13)20-17(19-11)21-7-2-4-15(21)16(23)22-8-3-9-24-22/h5-6,10,15H,2-4,7-9H2,1H3/t15-/m0/s1. The number of amides is 1. The Balaban J connectivity index is 1.67. The number of aromatic nitrogens is 2. The van der Waals surface area contributed by atoms with Crippen LogP contribution in [-0.4, -0.2) is 46.7 Å². The average molecular weight is 330 g/mol. The molecule has 126 valence electrons. The molecule has 0 saturated carbocycles. The van der Waals surface area contributed by atoms with Crippen molar-refractivity contribution in [1.29, 1.82) is 0 Å². The van der Waals surface area contributed by atoms with Gasteiger partial charge in [-0.3, -0.25) is 9.63 Å². The molecule has 24 heavy (non-hydrogen) atoms. The van der Waals surface area contributed by atoms with Gasteiger partial charge < -0.3 is 4.90 Å². The summed E-state index contributed by atoms with van der Waals surface area (Å²) in [5.41, 5.74) is 1.40. The van der Waals surface area contributed by atoms with Gasteiger partial charge in [0, 0.05) is 11.9 Å². The molecule has 1 atom stereocenters. The van der Waals surface area contributed by atoms with Crippen LogP contribution in [0.25, 0.3) is 10.9 Å². The first-order valence-corrected chi connectivity index (χ1v) is 8.28. The molecule has 1 aromatic heterocycles. The monoisotopic (exact) mass is 330 g/mol. The molecule has 2 aromatic rings. The van der Waals surface area contributed by atoms with E-state index in [-0.39, 0.29) is 17.8 Å². The van der Waals surface area contributed by atoms with E-state index in [9.17, 15) is 9.18 Å². The molecule has 1 amide bonds. The van der Waals surface area contributed by atoms with Crippen molar-refractivity contribution in [3.05, 3.63) is 29.7 Å². The summed E-state index contributed by atoms with van der Waals surface area (Å²) >= 11 is 0. The van der Waals surface area contributed by atoms with Crippen LogP contribution in [0.15, 0.2) is 18.2 Å². The highest BCUT2D eigenvalue weighted by Gasteiger charge is 2.37. The molecule has 6 nitrogen and oxygen atoms in total. The molecular weight excluding hydrogens is 311 g/mol. The van der Waals surface area contributed by atoms with Crippen LogP contribution in [0.5, 0.6) is 0 Å². The third kappa shape index (κ3) is 2.58. The Hall–Kier alpha value is -2.28. The maximum absolute atomic E-state index is 13.4. The molecule has 2 saturated heterocycles. The summed E-state index contributed by atoms with van der Waals surface area (Å²) in [6.07, 6.45) is 2.55. The number of hydroxylamine groups is 2. The molecule has 0 unspecified atom stereocenters. The third-order valence-electron chi connectivity index (χ3n) is 4.63. The Morgan fingerprint density at radius 2 is 2.17 bits per heavy atom. The minimum Gasteiger partial charge on any atom is -0.329 e. The molecule has 0 radical (unpaired) electrons. The van der Waals surface area contributed by atoms with Gasteiger partial charge in [0.25, 0.3) is 5.91 Å². The van der Waals surface area contributed by atoms with Gasteiger partial charge in [0.05, 0.1) is 24.4 Å². The summed E-state index contributed by atoms with van der Waals surface area (Å²) in [6.45, 7) is 3.80. The Morgan fingerprint density at radius 3 is 2.96 bits per heavy atom. The van der Waals surface area contributed by atoms with E-state index in [0.29, 0.717) is 35.7 Å². The molecule has 2 fully saturated rings. The van der Waals surface area contributed by atoms with E-state index in [1.54, 1.807) is 6.07 Å². The number of fused-ring (bicyclic) bond motifs is 1. The molecule has 0 spiro atoms. The van der Waals surface area contributed by atoms with Crippen molar-refractivity contribution in [2.75, 3.05) is 24.6 Å². The molecule has 3 heterocycles. The van der Waals surface area contributed by atoms with E-state index in [2.05, 4.69) is 9.97 Å². The van der Waals surface area contributed by atoms with E-state index in [1.807, 2.05) is 11.8 Å². The second-order valence-electron chi connectivity index (χ2n) is 6.25. The lowest BCUT2D eigenvalue weighted by molar-refractivity contribution is -0.170. The Labute approximate surface area is 139 Å². The molecule has 1 aromatic carbocycles. The lowest BCUT2D eigenvalue weighted by atomic mass is 10.2. The smallest absolute Gasteiger partial charge is 0.268 e. The minimum absolute atomic E-state index is 0.0227. The summed E-state index contributed by atoms with van der Waals surface area (Å²) in [6, 6.07) is 4.20. The number of carbonyl (C=O) groups is 1. The van der Waals surface area contributed by atoms with E-state index >= 15 is 0 Å². The number of aryl methyl sites for hydroxylation is 1. The second kappa shape index (κ2) is 5.98. The summed E-state index contributed by atoms with van der Waals surface area (Å²) in [4.78, 5) is 29.1. The van der Waals surface area contributed by atoms with Crippen molar-refractivity contribution in [3.63, 3.8) is 0 Å². The molecule has 7 heteroatoms. The van der Waals surface area contributed by atoms with Gasteiger partial charge in [0.2, 0.25) is 5.95 Å². The zero-order valence-electron chi connectivity index (χ0n) is 13.5. The van der Waals surface area contributed by atoms with Crippen molar-refractivity contribution >= 4 is 22.8 Å². The number of nitrogens with zero attached hydrogens (tertiary/aromatic N) is 4. The van der Waals surface area contributed by atoms with Crippen molar-refractivity contribution in [2.24, 2.45) is 0 Å². The molecule has 0 bridgehead atoms. The highest BCUT2D eigenvalue weighted by atomic mass is 19.1. The number of halogens is 1. The fraction of sp³-hybridized carbons (Fsp3) is 0.471. The zero-order chi connectivity index (χ0) is 16.7. The van der Waals surface area contributed by atoms with Gasteiger partial charge in [-0.05, 0) is 44.4 Å². The predicted octanol–water partition coefficient (Wildman–Crippen LogP) is 2.21. The predicted molar refractivity (Wildman–Crippen MR) is 86.9 cm³/mol. The highest BCUT2D eigenvalue weighted by molar-refractivity contribution is 5.86. The van der Waals surface area contributed by atoms with Crippen LogP contribution in [-0.2, 0) is 9.63 Å². The van der Waals surface area contributed by atoms with Gasteiger partial charge in [-0.25, -0.2) is 19.4 Å². The van der Waals surface area contributed by atoms with Crippen LogP contribution in [0.2, 0.25) is 0 Å². The molecular formula is C17H19FN4O2. The number of hydrogen-bond acceptors (Lipinski definition) is 5. The van der Waals surface area contributed by atoms with Gasteiger partial charge in [-0.1, -0.05) is 0 Å². The topological polar surface area (TPSA) is 58.6 Å². The van der Waals surface area contributed by atoms with E-state index in [1.165, 1.54) is 17.2 Å². The summed E-state index contributed by atoms with van der Waals surface area (Å²) in [7, 11) is 0. The van der Waals surface area contributed by atoms with Crippen LogP contribution in [0, 0.1) is 12.7 Å². The van der Waals surface area contributed by atoms with Crippen molar-refractivity contribution < 1.29 is 14.0 Å². The maximum atomic E-state index is 13.4. The first kappa shape index (κ1) is 15.3. The minimum atomic E-state index is -0.303. The number of benzene rings is 1. The highest BCUT2D eigenvalue weighted by Crippen LogP contribution is 2.27. The van der Waals surface area contributed by atoms with Gasteiger partial charge in [-0.2, -0.15) is 0 Å². The first-order chi connectivity index (χ1) is 11.6. The van der Waals surface area contributed by atoms with E-state index in [0.717, 1.165) is 25.8 Å². The maximum Gasteiger partial charge on any atom is 0.268 e. The summed E-state index contributed by atoms with van der Waals surface area (Å²) in [5.74, 6) is 0.203. The summed E-state index contributed by atoms with van der Waals surface area (Å²) < 4.78 is 13.4. The number of anilines is 1. The van der Waals surface area contributed by atoms with Crippen LogP contribution in [0.3, 0.4) is 0 Å². The fourth-order valence-corrected chi connectivity index (χ4v) is 3.42. The normalized spacial score (nSPS) is 21.0. The summed E-state index contributed by atoms with van der Waals surface area (Å²) in [5, 5.41) is 2.16.